The molecule has 0 amide bonds. The number of alkyl halides is 1. The van der Waals surface area contributed by atoms with E-state index < -0.39 is 15.6 Å². The van der Waals surface area contributed by atoms with Gasteiger partial charge in [-0.1, -0.05) is 12.1 Å². The predicted molar refractivity (Wildman–Crippen MR) is 73.5 cm³/mol. The smallest absolute Gasteiger partial charge is 0.207 e. The lowest BCUT2D eigenvalue weighted by Gasteiger charge is -2.40. The van der Waals surface area contributed by atoms with Gasteiger partial charge in [0.1, 0.15) is 0 Å². The topological polar surface area (TPSA) is 46.2 Å². The molecule has 3 nitrogen and oxygen atoms in total. The Morgan fingerprint density at radius 2 is 2.00 bits per heavy atom. The average molecular weight is 288 g/mol. The van der Waals surface area contributed by atoms with Crippen molar-refractivity contribution in [3.63, 3.8) is 0 Å². The first-order chi connectivity index (χ1) is 8.38. The molecule has 0 radical (unpaired) electrons. The molecule has 1 aromatic carbocycles. The van der Waals surface area contributed by atoms with Crippen LogP contribution in [0.3, 0.4) is 0 Å². The molecule has 5 heteroatoms. The first kappa shape index (κ1) is 13.8. The Balaban J connectivity index is 2.33. The first-order valence-corrected chi connectivity index (χ1v) is 8.08. The van der Waals surface area contributed by atoms with Gasteiger partial charge in [-0.15, -0.1) is 11.6 Å². The van der Waals surface area contributed by atoms with Crippen molar-refractivity contribution in [2.45, 2.75) is 43.5 Å². The molecule has 100 valence electrons. The van der Waals surface area contributed by atoms with Crippen molar-refractivity contribution in [3.8, 4) is 0 Å². The van der Waals surface area contributed by atoms with Crippen molar-refractivity contribution in [2.75, 3.05) is 5.88 Å². The molecule has 0 saturated heterocycles. The van der Waals surface area contributed by atoms with Crippen molar-refractivity contribution in [1.82, 2.24) is 4.72 Å². The van der Waals surface area contributed by atoms with Crippen LogP contribution in [0.1, 0.15) is 30.4 Å². The fourth-order valence-electron chi connectivity index (χ4n) is 2.20. The van der Waals surface area contributed by atoms with E-state index in [-0.39, 0.29) is 0 Å². The largest absolute Gasteiger partial charge is 0.241 e. The van der Waals surface area contributed by atoms with Crippen LogP contribution in [-0.2, 0) is 10.0 Å². The summed E-state index contributed by atoms with van der Waals surface area (Å²) in [5.74, 6) is 0.330. The molecule has 0 aromatic heterocycles. The number of benzene rings is 1. The van der Waals surface area contributed by atoms with E-state index in [4.69, 9.17) is 11.6 Å². The molecule has 0 spiro atoms. The van der Waals surface area contributed by atoms with Gasteiger partial charge in [0, 0.05) is 11.4 Å². The monoisotopic (exact) mass is 287 g/mol. The summed E-state index contributed by atoms with van der Waals surface area (Å²) in [5, 5.41) is 0. The van der Waals surface area contributed by atoms with Crippen molar-refractivity contribution < 1.29 is 8.42 Å². The van der Waals surface area contributed by atoms with Crippen molar-refractivity contribution in [1.29, 1.82) is 0 Å². The molecule has 1 saturated carbocycles. The zero-order valence-corrected chi connectivity index (χ0v) is 12.2. The van der Waals surface area contributed by atoms with Crippen molar-refractivity contribution in [2.24, 2.45) is 0 Å². The molecule has 1 N–H and O–H groups in total. The van der Waals surface area contributed by atoms with Crippen LogP contribution in [0.25, 0.3) is 0 Å². The Morgan fingerprint density at radius 3 is 2.50 bits per heavy atom. The van der Waals surface area contributed by atoms with E-state index in [1.807, 2.05) is 26.0 Å². The molecule has 0 unspecified atom stereocenters. The maximum atomic E-state index is 12.4. The minimum Gasteiger partial charge on any atom is -0.207 e. The fraction of sp³-hybridized carbons (Fsp3) is 0.538. The predicted octanol–water partition coefficient (Wildman–Crippen LogP) is 2.74. The Bertz CT molecular complexity index is 545. The average Bonchev–Trinajstić information content (AvgIpc) is 2.27. The third-order valence-electron chi connectivity index (χ3n) is 3.55. The van der Waals surface area contributed by atoms with E-state index in [1.54, 1.807) is 6.07 Å². The molecule has 1 aliphatic rings. The highest BCUT2D eigenvalue weighted by molar-refractivity contribution is 7.89. The maximum absolute atomic E-state index is 12.4. The van der Waals surface area contributed by atoms with Gasteiger partial charge >= 0.3 is 0 Å². The highest BCUT2D eigenvalue weighted by atomic mass is 35.5. The molecule has 0 bridgehead atoms. The van der Waals surface area contributed by atoms with Crippen LogP contribution in [-0.4, -0.2) is 19.8 Å². The molecule has 1 fully saturated rings. The quantitative estimate of drug-likeness (QED) is 0.866. The van der Waals surface area contributed by atoms with E-state index in [0.717, 1.165) is 30.4 Å². The van der Waals surface area contributed by atoms with E-state index in [9.17, 15) is 8.42 Å². The lowest BCUT2D eigenvalue weighted by Crippen LogP contribution is -2.54. The van der Waals surface area contributed by atoms with Gasteiger partial charge in [0.25, 0.3) is 0 Å². The van der Waals surface area contributed by atoms with Crippen LogP contribution in [0.5, 0.6) is 0 Å². The van der Waals surface area contributed by atoms with Gasteiger partial charge in [-0.3, -0.25) is 0 Å². The Hall–Kier alpha value is -0.580. The Kier molecular flexibility index (Phi) is 3.72. The second-order valence-corrected chi connectivity index (χ2v) is 7.06. The standard InChI is InChI=1S/C13H18ClNO2S/c1-10-4-5-11(2)12(8-10)18(16,17)15-13(9-14)6-3-7-13/h4-5,8,15H,3,6-7,9H2,1-2H3. The molecular weight excluding hydrogens is 270 g/mol. The third kappa shape index (κ3) is 2.56. The van der Waals surface area contributed by atoms with Crippen LogP contribution < -0.4 is 4.72 Å². The molecule has 0 heterocycles. The van der Waals surface area contributed by atoms with E-state index >= 15 is 0 Å². The second-order valence-electron chi connectivity index (χ2n) is 5.14. The number of rotatable bonds is 4. The molecule has 1 aliphatic carbocycles. The van der Waals surface area contributed by atoms with Crippen LogP contribution in [0.15, 0.2) is 23.1 Å². The van der Waals surface area contributed by atoms with Gasteiger partial charge in [-0.25, -0.2) is 13.1 Å². The van der Waals surface area contributed by atoms with Crippen molar-refractivity contribution in [3.05, 3.63) is 29.3 Å². The second kappa shape index (κ2) is 4.83. The molecule has 1 aromatic rings. The maximum Gasteiger partial charge on any atom is 0.241 e. The summed E-state index contributed by atoms with van der Waals surface area (Å²) >= 11 is 5.90. The lowest BCUT2D eigenvalue weighted by atomic mass is 9.79. The SMILES string of the molecule is Cc1ccc(C)c(S(=O)(=O)NC2(CCl)CCC2)c1. The van der Waals surface area contributed by atoms with Crippen molar-refractivity contribution >= 4 is 21.6 Å². The summed E-state index contributed by atoms with van der Waals surface area (Å²) in [4.78, 5) is 0.360. The number of sulfonamides is 1. The minimum atomic E-state index is -3.48. The summed E-state index contributed by atoms with van der Waals surface area (Å²) < 4.78 is 27.6. The number of aryl methyl sites for hydroxylation is 2. The van der Waals surface area contributed by atoms with Crippen LogP contribution >= 0.6 is 11.6 Å². The summed E-state index contributed by atoms with van der Waals surface area (Å²) in [6.07, 6.45) is 2.67. The van der Waals surface area contributed by atoms with Gasteiger partial charge in [-0.2, -0.15) is 0 Å². The fourth-order valence-corrected chi connectivity index (χ4v) is 4.41. The molecule has 0 atom stereocenters. The van der Waals surface area contributed by atoms with Gasteiger partial charge in [-0.05, 0) is 50.3 Å². The summed E-state index contributed by atoms with van der Waals surface area (Å²) in [5.41, 5.74) is 1.27. The first-order valence-electron chi connectivity index (χ1n) is 6.06. The summed E-state index contributed by atoms with van der Waals surface area (Å²) in [6.45, 7) is 3.70. The summed E-state index contributed by atoms with van der Waals surface area (Å²) in [6, 6.07) is 5.45. The molecule has 2 rings (SSSR count). The lowest BCUT2D eigenvalue weighted by molar-refractivity contribution is 0.252. The van der Waals surface area contributed by atoms with Gasteiger partial charge in [0.15, 0.2) is 0 Å². The van der Waals surface area contributed by atoms with Crippen LogP contribution in [0.4, 0.5) is 0 Å². The van der Waals surface area contributed by atoms with Crippen LogP contribution in [0.2, 0.25) is 0 Å². The van der Waals surface area contributed by atoms with Gasteiger partial charge < -0.3 is 0 Å². The Morgan fingerprint density at radius 1 is 1.33 bits per heavy atom. The Labute approximate surface area is 114 Å². The van der Waals surface area contributed by atoms with E-state index in [0.29, 0.717) is 10.8 Å². The van der Waals surface area contributed by atoms with E-state index in [2.05, 4.69) is 4.72 Å². The molecule has 0 aliphatic heterocycles. The zero-order chi connectivity index (χ0) is 13.4. The van der Waals surface area contributed by atoms with E-state index in [1.165, 1.54) is 0 Å². The molecule has 18 heavy (non-hydrogen) atoms. The normalized spacial score (nSPS) is 18.4. The highest BCUT2D eigenvalue weighted by Crippen LogP contribution is 2.34. The highest BCUT2D eigenvalue weighted by Gasteiger charge is 2.40. The summed E-state index contributed by atoms with van der Waals surface area (Å²) in [7, 11) is -3.48. The minimum absolute atomic E-state index is 0.330. The van der Waals surface area contributed by atoms with Gasteiger partial charge in [0.2, 0.25) is 10.0 Å². The zero-order valence-electron chi connectivity index (χ0n) is 10.7. The molecular formula is C13H18ClNO2S. The number of hydrogen-bond acceptors (Lipinski definition) is 2. The number of nitrogens with one attached hydrogen (secondary N) is 1. The van der Waals surface area contributed by atoms with Crippen LogP contribution in [0, 0.1) is 13.8 Å². The third-order valence-corrected chi connectivity index (χ3v) is 5.78. The number of hydrogen-bond donors (Lipinski definition) is 1. The van der Waals surface area contributed by atoms with Gasteiger partial charge in [0.05, 0.1) is 4.90 Å². The number of halogens is 1.